The summed E-state index contributed by atoms with van der Waals surface area (Å²) in [7, 11) is 0. The lowest BCUT2D eigenvalue weighted by Gasteiger charge is -2.11. The van der Waals surface area contributed by atoms with Crippen LogP contribution in [0.1, 0.15) is 16.8 Å². The predicted molar refractivity (Wildman–Crippen MR) is 62.1 cm³/mol. The lowest BCUT2D eigenvalue weighted by atomic mass is 10.0. The lowest BCUT2D eigenvalue weighted by Crippen LogP contribution is -2.13. The molecule has 0 radical (unpaired) electrons. The van der Waals surface area contributed by atoms with Gasteiger partial charge in [-0.1, -0.05) is 0 Å². The number of carbonyl (C=O) groups is 1. The van der Waals surface area contributed by atoms with Gasteiger partial charge in [0, 0.05) is 12.0 Å². The number of hydrogen-bond acceptors (Lipinski definition) is 6. The van der Waals surface area contributed by atoms with Gasteiger partial charge in [-0.25, -0.2) is 0 Å². The molecule has 1 rings (SSSR count). The van der Waals surface area contributed by atoms with Crippen LogP contribution in [0.25, 0.3) is 0 Å². The molecule has 0 spiro atoms. The van der Waals surface area contributed by atoms with E-state index in [4.69, 9.17) is 28.7 Å². The summed E-state index contributed by atoms with van der Waals surface area (Å²) in [4.78, 5) is 11.6. The van der Waals surface area contributed by atoms with E-state index < -0.39 is 0 Å². The molecule has 15 heavy (non-hydrogen) atoms. The first-order valence-corrected chi connectivity index (χ1v) is 4.45. The average molecular weight is 209 g/mol. The molecule has 0 aliphatic carbocycles. The highest BCUT2D eigenvalue weighted by atomic mass is 16.1. The van der Waals surface area contributed by atoms with E-state index in [2.05, 4.69) is 0 Å². The van der Waals surface area contributed by atoms with Crippen molar-refractivity contribution in [2.24, 2.45) is 5.73 Å². The van der Waals surface area contributed by atoms with Gasteiger partial charge in [-0.05, 0) is 12.6 Å². The predicted octanol–water partition coefficient (Wildman–Crippen LogP) is -0.453. The molecule has 82 valence electrons. The third-order valence-corrected chi connectivity index (χ3v) is 2.15. The highest BCUT2D eigenvalue weighted by molar-refractivity contribution is 6.06. The number of benzene rings is 1. The summed E-state index contributed by atoms with van der Waals surface area (Å²) in [5.41, 5.74) is 28.7. The van der Waals surface area contributed by atoms with Crippen LogP contribution in [0.2, 0.25) is 0 Å². The number of ketones is 1. The summed E-state index contributed by atoms with van der Waals surface area (Å²) >= 11 is 0. The molecular weight excluding hydrogens is 194 g/mol. The minimum atomic E-state index is -0.187. The molecule has 1 aromatic carbocycles. The zero-order valence-corrected chi connectivity index (χ0v) is 8.29. The Morgan fingerprint density at radius 3 is 2.20 bits per heavy atom. The molecule has 0 aliphatic heterocycles. The van der Waals surface area contributed by atoms with Gasteiger partial charge < -0.3 is 28.7 Å². The van der Waals surface area contributed by atoms with Crippen molar-refractivity contribution in [3.05, 3.63) is 11.6 Å². The summed E-state index contributed by atoms with van der Waals surface area (Å²) in [6, 6.07) is 1.43. The summed E-state index contributed by atoms with van der Waals surface area (Å²) in [5.74, 6) is -0.187. The molecule has 0 saturated carbocycles. The zero-order valence-electron chi connectivity index (χ0n) is 8.29. The molecule has 6 nitrogen and oxygen atoms in total. The van der Waals surface area contributed by atoms with Gasteiger partial charge in [-0.2, -0.15) is 0 Å². The van der Waals surface area contributed by atoms with Crippen molar-refractivity contribution in [1.29, 1.82) is 0 Å². The third kappa shape index (κ3) is 1.94. The molecule has 0 fully saturated rings. The highest BCUT2D eigenvalue weighted by Gasteiger charge is 2.15. The van der Waals surface area contributed by atoms with Crippen molar-refractivity contribution < 1.29 is 4.79 Å². The van der Waals surface area contributed by atoms with Crippen LogP contribution in [0, 0.1) is 0 Å². The van der Waals surface area contributed by atoms with Crippen molar-refractivity contribution >= 4 is 28.5 Å². The van der Waals surface area contributed by atoms with Gasteiger partial charge >= 0.3 is 0 Å². The van der Waals surface area contributed by atoms with E-state index in [1.54, 1.807) is 0 Å². The van der Waals surface area contributed by atoms with E-state index in [1.165, 1.54) is 6.07 Å². The second-order valence-electron chi connectivity index (χ2n) is 3.22. The van der Waals surface area contributed by atoms with Crippen molar-refractivity contribution in [3.8, 4) is 0 Å². The summed E-state index contributed by atoms with van der Waals surface area (Å²) in [6.07, 6.45) is 0.201. The Bertz CT molecular complexity index is 402. The van der Waals surface area contributed by atoms with Gasteiger partial charge in [-0.3, -0.25) is 4.79 Å². The van der Waals surface area contributed by atoms with Gasteiger partial charge in [0.1, 0.15) is 0 Å². The number of hydrogen-bond donors (Lipinski definition) is 5. The van der Waals surface area contributed by atoms with E-state index in [0.717, 1.165) is 0 Å². The van der Waals surface area contributed by atoms with Crippen LogP contribution in [0.5, 0.6) is 0 Å². The van der Waals surface area contributed by atoms with Crippen LogP contribution in [-0.4, -0.2) is 12.3 Å². The molecule has 0 bridgehead atoms. The van der Waals surface area contributed by atoms with Crippen molar-refractivity contribution in [3.63, 3.8) is 0 Å². The standard InChI is InChI=1S/C9H15N5O/c10-2-1-6(15)4-3-5(11)8(13)9(14)7(4)12/h3H,1-2,10-14H2. The number of nitrogen functional groups attached to an aromatic ring is 4. The summed E-state index contributed by atoms with van der Waals surface area (Å²) < 4.78 is 0. The summed E-state index contributed by atoms with van der Waals surface area (Å²) in [6.45, 7) is 0.252. The molecule has 0 aromatic heterocycles. The van der Waals surface area contributed by atoms with Crippen molar-refractivity contribution in [2.45, 2.75) is 6.42 Å². The zero-order chi connectivity index (χ0) is 11.6. The maximum atomic E-state index is 11.6. The minimum Gasteiger partial charge on any atom is -0.397 e. The quantitative estimate of drug-likeness (QED) is 0.336. The van der Waals surface area contributed by atoms with Crippen LogP contribution in [0.4, 0.5) is 22.7 Å². The van der Waals surface area contributed by atoms with E-state index in [1.807, 2.05) is 0 Å². The molecular formula is C9H15N5O. The molecule has 0 aliphatic rings. The number of nitrogens with two attached hydrogens (primary N) is 5. The minimum absolute atomic E-state index is 0.148. The van der Waals surface area contributed by atoms with Crippen molar-refractivity contribution in [2.75, 3.05) is 29.5 Å². The monoisotopic (exact) mass is 209 g/mol. The molecule has 0 unspecified atom stereocenters. The first-order valence-electron chi connectivity index (χ1n) is 4.45. The molecule has 0 heterocycles. The third-order valence-electron chi connectivity index (χ3n) is 2.15. The van der Waals surface area contributed by atoms with E-state index in [0.29, 0.717) is 0 Å². The summed E-state index contributed by atoms with van der Waals surface area (Å²) in [5, 5.41) is 0. The first kappa shape index (κ1) is 11.1. The Morgan fingerprint density at radius 2 is 1.67 bits per heavy atom. The van der Waals surface area contributed by atoms with Crippen molar-refractivity contribution in [1.82, 2.24) is 0 Å². The van der Waals surface area contributed by atoms with Crippen LogP contribution in [0.3, 0.4) is 0 Å². The molecule has 6 heteroatoms. The second kappa shape index (κ2) is 4.05. The number of Topliss-reactive ketones (excluding diaryl/α,β-unsaturated/α-hetero) is 1. The largest absolute Gasteiger partial charge is 0.397 e. The van der Waals surface area contributed by atoms with E-state index >= 15 is 0 Å². The fraction of sp³-hybridized carbons (Fsp3) is 0.222. The number of rotatable bonds is 3. The SMILES string of the molecule is NCCC(=O)c1cc(N)c(N)c(N)c1N. The van der Waals surface area contributed by atoms with Crippen LogP contribution >= 0.6 is 0 Å². The van der Waals surface area contributed by atoms with E-state index in [-0.39, 0.29) is 47.1 Å². The van der Waals surface area contributed by atoms with Gasteiger partial charge in [0.2, 0.25) is 0 Å². The topological polar surface area (TPSA) is 147 Å². The Hall–Kier alpha value is -1.95. The number of carbonyl (C=O) groups excluding carboxylic acids is 1. The molecule has 0 amide bonds. The van der Waals surface area contributed by atoms with E-state index in [9.17, 15) is 4.79 Å². The van der Waals surface area contributed by atoms with Gasteiger partial charge in [0.15, 0.2) is 5.78 Å². The fourth-order valence-corrected chi connectivity index (χ4v) is 1.25. The van der Waals surface area contributed by atoms with Crippen LogP contribution in [-0.2, 0) is 0 Å². The van der Waals surface area contributed by atoms with Crippen LogP contribution in [0.15, 0.2) is 6.07 Å². The smallest absolute Gasteiger partial charge is 0.166 e. The lowest BCUT2D eigenvalue weighted by molar-refractivity contribution is 0.0986. The molecule has 0 saturated heterocycles. The molecule has 1 aromatic rings. The van der Waals surface area contributed by atoms with Gasteiger partial charge in [-0.15, -0.1) is 0 Å². The molecule has 10 N–H and O–H groups in total. The number of anilines is 4. The fourth-order valence-electron chi connectivity index (χ4n) is 1.25. The van der Waals surface area contributed by atoms with Gasteiger partial charge in [0.05, 0.1) is 22.7 Å². The first-order chi connectivity index (χ1) is 6.99. The Balaban J connectivity index is 3.26. The maximum absolute atomic E-state index is 11.6. The Morgan fingerprint density at radius 1 is 1.07 bits per heavy atom. The Kier molecular flexibility index (Phi) is 3.01. The average Bonchev–Trinajstić information content (AvgIpc) is 2.20. The Labute approximate surface area is 87.4 Å². The maximum Gasteiger partial charge on any atom is 0.166 e. The van der Waals surface area contributed by atoms with Crippen LogP contribution < -0.4 is 28.7 Å². The highest BCUT2D eigenvalue weighted by Crippen LogP contribution is 2.32. The normalized spacial score (nSPS) is 10.2. The second-order valence-corrected chi connectivity index (χ2v) is 3.22. The molecule has 0 atom stereocenters. The van der Waals surface area contributed by atoms with Gasteiger partial charge in [0.25, 0.3) is 0 Å².